The van der Waals surface area contributed by atoms with E-state index in [1.54, 1.807) is 0 Å². The molecule has 1 heterocycles. The van der Waals surface area contributed by atoms with Gasteiger partial charge in [0.15, 0.2) is 0 Å². The normalized spacial score (nSPS) is 29.0. The van der Waals surface area contributed by atoms with Crippen molar-refractivity contribution in [1.82, 2.24) is 0 Å². The highest BCUT2D eigenvalue weighted by molar-refractivity contribution is 4.89. The molecule has 0 spiro atoms. The fourth-order valence-electron chi connectivity index (χ4n) is 2.33. The molecule has 3 heteroatoms. The first-order valence-corrected chi connectivity index (χ1v) is 6.21. The van der Waals surface area contributed by atoms with Gasteiger partial charge in [0.25, 0.3) is 0 Å². The van der Waals surface area contributed by atoms with Crippen LogP contribution in [-0.2, 0) is 4.74 Å². The van der Waals surface area contributed by atoms with Crippen molar-refractivity contribution in [3.05, 3.63) is 0 Å². The first-order valence-electron chi connectivity index (χ1n) is 6.21. The topological polar surface area (TPSA) is 55.5 Å². The summed E-state index contributed by atoms with van der Waals surface area (Å²) >= 11 is 0. The van der Waals surface area contributed by atoms with Gasteiger partial charge in [-0.2, -0.15) is 0 Å². The summed E-state index contributed by atoms with van der Waals surface area (Å²) in [5.41, 5.74) is 5.64. The van der Waals surface area contributed by atoms with Gasteiger partial charge in [-0.25, -0.2) is 0 Å². The van der Waals surface area contributed by atoms with Crippen molar-refractivity contribution < 1.29 is 9.84 Å². The van der Waals surface area contributed by atoms with Crippen molar-refractivity contribution >= 4 is 0 Å². The Morgan fingerprint density at radius 3 is 2.80 bits per heavy atom. The Bertz CT molecular complexity index is 167. The number of unbranched alkanes of at least 4 members (excludes halogenated alkanes) is 2. The minimum atomic E-state index is -0.283. The van der Waals surface area contributed by atoms with Crippen LogP contribution in [0.15, 0.2) is 0 Å². The van der Waals surface area contributed by atoms with Gasteiger partial charge in [-0.3, -0.25) is 0 Å². The van der Waals surface area contributed by atoms with Crippen LogP contribution in [0.5, 0.6) is 0 Å². The number of aliphatic hydroxyl groups is 1. The van der Waals surface area contributed by atoms with E-state index in [1.165, 1.54) is 12.8 Å². The van der Waals surface area contributed by atoms with Crippen molar-refractivity contribution in [2.45, 2.75) is 51.6 Å². The average molecular weight is 215 g/mol. The highest BCUT2D eigenvalue weighted by Crippen LogP contribution is 2.33. The lowest BCUT2D eigenvalue weighted by atomic mass is 9.75. The maximum Gasteiger partial charge on any atom is 0.0630 e. The standard InChI is InChI=1S/C12H25NO2/c1-2-3-4-6-11(14)12(9-13)7-5-8-15-10-12/h11,14H,2-10,13H2,1H3. The molecule has 1 saturated heterocycles. The molecule has 90 valence electrons. The molecule has 0 aliphatic carbocycles. The molecular weight excluding hydrogens is 190 g/mol. The van der Waals surface area contributed by atoms with Gasteiger partial charge in [0.1, 0.15) is 0 Å². The van der Waals surface area contributed by atoms with E-state index in [1.807, 2.05) is 0 Å². The highest BCUT2D eigenvalue weighted by atomic mass is 16.5. The first kappa shape index (κ1) is 12.9. The quantitative estimate of drug-likeness (QED) is 0.663. The molecule has 2 unspecified atom stereocenters. The third-order valence-corrected chi connectivity index (χ3v) is 3.55. The maximum atomic E-state index is 10.2. The number of hydrogen-bond acceptors (Lipinski definition) is 3. The van der Waals surface area contributed by atoms with Gasteiger partial charge >= 0.3 is 0 Å². The molecule has 0 amide bonds. The van der Waals surface area contributed by atoms with Crippen LogP contribution in [0, 0.1) is 5.41 Å². The average Bonchev–Trinajstić information content (AvgIpc) is 2.30. The van der Waals surface area contributed by atoms with Crippen LogP contribution in [0.4, 0.5) is 0 Å². The van der Waals surface area contributed by atoms with Gasteiger partial charge in [0.05, 0.1) is 12.7 Å². The number of aliphatic hydroxyl groups excluding tert-OH is 1. The Morgan fingerprint density at radius 1 is 1.47 bits per heavy atom. The second kappa shape index (κ2) is 6.46. The molecule has 0 bridgehead atoms. The summed E-state index contributed by atoms with van der Waals surface area (Å²) in [4.78, 5) is 0. The van der Waals surface area contributed by atoms with Crippen LogP contribution < -0.4 is 5.73 Å². The van der Waals surface area contributed by atoms with Gasteiger partial charge in [-0.1, -0.05) is 26.2 Å². The van der Waals surface area contributed by atoms with E-state index >= 15 is 0 Å². The number of hydrogen-bond donors (Lipinski definition) is 2. The summed E-state index contributed by atoms with van der Waals surface area (Å²) in [6.45, 7) is 4.18. The van der Waals surface area contributed by atoms with Crippen LogP contribution in [0.1, 0.15) is 45.4 Å². The van der Waals surface area contributed by atoms with Crippen LogP contribution in [-0.4, -0.2) is 31.0 Å². The van der Waals surface area contributed by atoms with E-state index in [4.69, 9.17) is 10.5 Å². The van der Waals surface area contributed by atoms with Crippen molar-refractivity contribution in [3.63, 3.8) is 0 Å². The van der Waals surface area contributed by atoms with Crippen LogP contribution in [0.3, 0.4) is 0 Å². The van der Waals surface area contributed by atoms with Crippen LogP contribution >= 0.6 is 0 Å². The minimum Gasteiger partial charge on any atom is -0.392 e. The summed E-state index contributed by atoms with van der Waals surface area (Å²) in [5, 5.41) is 10.2. The summed E-state index contributed by atoms with van der Waals surface area (Å²) in [6.07, 6.45) is 6.11. The largest absolute Gasteiger partial charge is 0.392 e. The maximum absolute atomic E-state index is 10.2. The van der Waals surface area contributed by atoms with Crippen molar-refractivity contribution in [3.8, 4) is 0 Å². The Kier molecular flexibility index (Phi) is 5.58. The van der Waals surface area contributed by atoms with Crippen molar-refractivity contribution in [2.75, 3.05) is 19.8 Å². The lowest BCUT2D eigenvalue weighted by Gasteiger charge is -2.40. The highest BCUT2D eigenvalue weighted by Gasteiger charge is 2.38. The SMILES string of the molecule is CCCCCC(O)C1(CN)CCCOC1. The van der Waals surface area contributed by atoms with Gasteiger partial charge in [0.2, 0.25) is 0 Å². The Hall–Kier alpha value is -0.120. The van der Waals surface area contributed by atoms with Gasteiger partial charge in [-0.05, 0) is 19.3 Å². The number of nitrogens with two attached hydrogens (primary N) is 1. The molecule has 0 aromatic carbocycles. The first-order chi connectivity index (χ1) is 7.25. The zero-order valence-electron chi connectivity index (χ0n) is 9.87. The van der Waals surface area contributed by atoms with Gasteiger partial charge < -0.3 is 15.6 Å². The van der Waals surface area contributed by atoms with E-state index in [0.717, 1.165) is 32.3 Å². The third-order valence-electron chi connectivity index (χ3n) is 3.55. The van der Waals surface area contributed by atoms with E-state index in [0.29, 0.717) is 13.2 Å². The Morgan fingerprint density at radius 2 is 2.27 bits per heavy atom. The van der Waals surface area contributed by atoms with Crippen molar-refractivity contribution in [2.24, 2.45) is 11.1 Å². The smallest absolute Gasteiger partial charge is 0.0630 e. The molecule has 0 aromatic heterocycles. The summed E-state index contributed by atoms with van der Waals surface area (Å²) < 4.78 is 5.46. The molecule has 2 atom stereocenters. The third kappa shape index (κ3) is 3.44. The Balaban J connectivity index is 2.40. The van der Waals surface area contributed by atoms with Gasteiger partial charge in [0, 0.05) is 18.6 Å². The lowest BCUT2D eigenvalue weighted by molar-refractivity contribution is -0.0793. The summed E-state index contributed by atoms with van der Waals surface area (Å²) in [7, 11) is 0. The predicted molar refractivity (Wildman–Crippen MR) is 61.7 cm³/mol. The molecule has 0 radical (unpaired) electrons. The molecule has 3 nitrogen and oxygen atoms in total. The van der Waals surface area contributed by atoms with E-state index < -0.39 is 0 Å². The molecule has 3 N–H and O–H groups in total. The predicted octanol–water partition coefficient (Wildman–Crippen LogP) is 1.68. The van der Waals surface area contributed by atoms with Crippen LogP contribution in [0.2, 0.25) is 0 Å². The summed E-state index contributed by atoms with van der Waals surface area (Å²) in [5.74, 6) is 0. The molecule has 15 heavy (non-hydrogen) atoms. The molecule has 1 fully saturated rings. The number of ether oxygens (including phenoxy) is 1. The second-order valence-electron chi connectivity index (χ2n) is 4.73. The zero-order chi connectivity index (χ0) is 11.1. The second-order valence-corrected chi connectivity index (χ2v) is 4.73. The zero-order valence-corrected chi connectivity index (χ0v) is 9.87. The fraction of sp³-hybridized carbons (Fsp3) is 1.00. The van der Waals surface area contributed by atoms with E-state index in [-0.39, 0.29) is 11.5 Å². The van der Waals surface area contributed by atoms with Gasteiger partial charge in [-0.15, -0.1) is 0 Å². The van der Waals surface area contributed by atoms with E-state index in [9.17, 15) is 5.11 Å². The molecular formula is C12H25NO2. The Labute approximate surface area is 93.0 Å². The number of rotatable bonds is 6. The fourth-order valence-corrected chi connectivity index (χ4v) is 2.33. The molecule has 1 aliphatic heterocycles. The lowest BCUT2D eigenvalue weighted by Crippen LogP contribution is -2.47. The molecule has 0 aromatic rings. The monoisotopic (exact) mass is 215 g/mol. The molecule has 0 saturated carbocycles. The van der Waals surface area contributed by atoms with Crippen LogP contribution in [0.25, 0.3) is 0 Å². The molecule has 1 aliphatic rings. The van der Waals surface area contributed by atoms with Crippen molar-refractivity contribution in [1.29, 1.82) is 0 Å². The molecule has 1 rings (SSSR count). The minimum absolute atomic E-state index is 0.161. The summed E-state index contributed by atoms with van der Waals surface area (Å²) in [6, 6.07) is 0. The van der Waals surface area contributed by atoms with E-state index in [2.05, 4.69) is 6.92 Å².